The van der Waals surface area contributed by atoms with E-state index < -0.39 is 0 Å². The van der Waals surface area contributed by atoms with Crippen LogP contribution in [0.4, 0.5) is 0 Å². The molecule has 1 aromatic heterocycles. The number of aromatic nitrogens is 2. The Morgan fingerprint density at radius 2 is 2.35 bits per heavy atom. The fourth-order valence-electron chi connectivity index (χ4n) is 2.22. The van der Waals surface area contributed by atoms with Gasteiger partial charge in [-0.1, -0.05) is 20.8 Å². The number of carbonyl (C=O) groups is 2. The summed E-state index contributed by atoms with van der Waals surface area (Å²) < 4.78 is 1.95. The van der Waals surface area contributed by atoms with Crippen LogP contribution in [0.1, 0.15) is 27.2 Å². The largest absolute Gasteiger partial charge is 0.355 e. The average Bonchev–Trinajstić information content (AvgIpc) is 2.98. The minimum Gasteiger partial charge on any atom is -0.355 e. The molecule has 0 saturated carbocycles. The zero-order valence-corrected chi connectivity index (χ0v) is 12.2. The number of nitrogens with zero attached hydrogens (tertiary/aromatic N) is 2. The number of imidazole rings is 1. The van der Waals surface area contributed by atoms with Gasteiger partial charge in [-0.2, -0.15) is 0 Å². The second-order valence-corrected chi connectivity index (χ2v) is 6.39. The summed E-state index contributed by atoms with van der Waals surface area (Å²) in [5, 5.41) is 5.77. The van der Waals surface area contributed by atoms with E-state index in [2.05, 4.69) is 36.4 Å². The highest BCUT2D eigenvalue weighted by atomic mass is 16.2. The molecule has 0 spiro atoms. The molecule has 0 aromatic carbocycles. The van der Waals surface area contributed by atoms with Crippen molar-refractivity contribution in [1.29, 1.82) is 0 Å². The molecule has 2 amide bonds. The van der Waals surface area contributed by atoms with Crippen LogP contribution in [0.5, 0.6) is 0 Å². The Bertz CT molecular complexity index is 476. The monoisotopic (exact) mass is 278 g/mol. The summed E-state index contributed by atoms with van der Waals surface area (Å²) in [6.07, 6.45) is 5.63. The predicted octanol–water partition coefficient (Wildman–Crippen LogP) is 0.550. The SMILES string of the molecule is CC(C)(C)C(Cn1ccnc1)NC(=O)C1CNC(=O)C1. The van der Waals surface area contributed by atoms with Crippen LogP contribution in [0.2, 0.25) is 0 Å². The Morgan fingerprint density at radius 3 is 2.85 bits per heavy atom. The third kappa shape index (κ3) is 3.59. The molecule has 1 saturated heterocycles. The maximum atomic E-state index is 12.2. The van der Waals surface area contributed by atoms with Gasteiger partial charge < -0.3 is 15.2 Å². The van der Waals surface area contributed by atoms with Crippen molar-refractivity contribution >= 4 is 11.8 Å². The van der Waals surface area contributed by atoms with Gasteiger partial charge in [0.15, 0.2) is 0 Å². The highest BCUT2D eigenvalue weighted by Gasteiger charge is 2.32. The van der Waals surface area contributed by atoms with Gasteiger partial charge in [0.05, 0.1) is 18.3 Å². The Labute approximate surface area is 119 Å². The fraction of sp³-hybridized carbons (Fsp3) is 0.643. The molecule has 0 bridgehead atoms. The van der Waals surface area contributed by atoms with Crippen molar-refractivity contribution in [2.24, 2.45) is 11.3 Å². The zero-order valence-electron chi connectivity index (χ0n) is 12.2. The summed E-state index contributed by atoms with van der Waals surface area (Å²) in [5.41, 5.74) is -0.0734. The van der Waals surface area contributed by atoms with Crippen LogP contribution in [-0.4, -0.2) is 34.0 Å². The number of rotatable bonds is 4. The summed E-state index contributed by atoms with van der Waals surface area (Å²) in [6, 6.07) is -0.0140. The second-order valence-electron chi connectivity index (χ2n) is 6.39. The third-order valence-corrected chi connectivity index (χ3v) is 3.66. The van der Waals surface area contributed by atoms with Crippen molar-refractivity contribution in [3.8, 4) is 0 Å². The van der Waals surface area contributed by atoms with E-state index in [0.717, 1.165) is 0 Å². The lowest BCUT2D eigenvalue weighted by molar-refractivity contribution is -0.127. The predicted molar refractivity (Wildman–Crippen MR) is 74.7 cm³/mol. The summed E-state index contributed by atoms with van der Waals surface area (Å²) in [4.78, 5) is 27.5. The molecule has 6 nitrogen and oxygen atoms in total. The van der Waals surface area contributed by atoms with Crippen molar-refractivity contribution in [2.45, 2.75) is 39.8 Å². The van der Waals surface area contributed by atoms with Crippen molar-refractivity contribution in [3.05, 3.63) is 18.7 Å². The van der Waals surface area contributed by atoms with Crippen LogP contribution in [0.25, 0.3) is 0 Å². The first-order chi connectivity index (χ1) is 9.36. The number of nitrogens with one attached hydrogen (secondary N) is 2. The Balaban J connectivity index is 2.00. The van der Waals surface area contributed by atoms with Gasteiger partial charge in [-0.15, -0.1) is 0 Å². The van der Waals surface area contributed by atoms with E-state index in [0.29, 0.717) is 13.1 Å². The fourth-order valence-corrected chi connectivity index (χ4v) is 2.22. The van der Waals surface area contributed by atoms with Gasteiger partial charge in [0.2, 0.25) is 11.8 Å². The van der Waals surface area contributed by atoms with Gasteiger partial charge in [0.25, 0.3) is 0 Å². The molecule has 2 atom stereocenters. The van der Waals surface area contributed by atoms with Gasteiger partial charge in [0, 0.05) is 31.9 Å². The lowest BCUT2D eigenvalue weighted by Crippen LogP contribution is -2.48. The summed E-state index contributed by atoms with van der Waals surface area (Å²) in [6.45, 7) is 7.38. The van der Waals surface area contributed by atoms with Gasteiger partial charge in [-0.25, -0.2) is 4.98 Å². The van der Waals surface area contributed by atoms with E-state index in [1.807, 2.05) is 10.8 Å². The van der Waals surface area contributed by atoms with Gasteiger partial charge in [-0.05, 0) is 5.41 Å². The Kier molecular flexibility index (Phi) is 4.11. The Morgan fingerprint density at radius 1 is 1.60 bits per heavy atom. The first-order valence-electron chi connectivity index (χ1n) is 6.89. The van der Waals surface area contributed by atoms with Gasteiger partial charge >= 0.3 is 0 Å². The molecule has 2 N–H and O–H groups in total. The molecule has 2 unspecified atom stereocenters. The summed E-state index contributed by atoms with van der Waals surface area (Å²) in [7, 11) is 0. The van der Waals surface area contributed by atoms with Crippen molar-refractivity contribution < 1.29 is 9.59 Å². The number of hydrogen-bond donors (Lipinski definition) is 2. The normalized spacial score (nSPS) is 20.6. The second kappa shape index (κ2) is 5.64. The highest BCUT2D eigenvalue weighted by Crippen LogP contribution is 2.22. The van der Waals surface area contributed by atoms with Gasteiger partial charge in [-0.3, -0.25) is 9.59 Å². The average molecular weight is 278 g/mol. The molecule has 110 valence electrons. The maximum absolute atomic E-state index is 12.2. The molecule has 0 aliphatic carbocycles. The molecule has 1 aliphatic rings. The van der Waals surface area contributed by atoms with Crippen molar-refractivity contribution in [2.75, 3.05) is 6.54 Å². The van der Waals surface area contributed by atoms with Crippen molar-refractivity contribution in [3.63, 3.8) is 0 Å². The van der Waals surface area contributed by atoms with E-state index >= 15 is 0 Å². The third-order valence-electron chi connectivity index (χ3n) is 3.66. The van der Waals surface area contributed by atoms with Crippen molar-refractivity contribution in [1.82, 2.24) is 20.2 Å². The summed E-state index contributed by atoms with van der Waals surface area (Å²) >= 11 is 0. The standard InChI is InChI=1S/C14H22N4O2/c1-14(2,3)11(8-18-5-4-15-9-18)17-13(20)10-6-12(19)16-7-10/h4-5,9-11H,6-8H2,1-3H3,(H,16,19)(H,17,20). The van der Waals surface area contributed by atoms with E-state index in [1.54, 1.807) is 12.5 Å². The maximum Gasteiger partial charge on any atom is 0.225 e. The van der Waals surface area contributed by atoms with Crippen LogP contribution in [-0.2, 0) is 16.1 Å². The van der Waals surface area contributed by atoms with Crippen LogP contribution in [0, 0.1) is 11.3 Å². The lowest BCUT2D eigenvalue weighted by atomic mass is 9.86. The molecule has 20 heavy (non-hydrogen) atoms. The zero-order chi connectivity index (χ0) is 14.8. The summed E-state index contributed by atoms with van der Waals surface area (Å²) in [5.74, 6) is -0.356. The smallest absolute Gasteiger partial charge is 0.225 e. The number of amides is 2. The van der Waals surface area contributed by atoms with Crippen LogP contribution in [0.15, 0.2) is 18.7 Å². The minimum absolute atomic E-state index is 0.0140. The first kappa shape index (κ1) is 14.6. The highest BCUT2D eigenvalue weighted by molar-refractivity contribution is 5.89. The molecule has 2 heterocycles. The first-order valence-corrected chi connectivity index (χ1v) is 6.89. The molecular weight excluding hydrogens is 256 g/mol. The van der Waals surface area contributed by atoms with Gasteiger partial charge in [0.1, 0.15) is 0 Å². The van der Waals surface area contributed by atoms with E-state index in [-0.39, 0.29) is 35.6 Å². The minimum atomic E-state index is -0.255. The topological polar surface area (TPSA) is 76.0 Å². The number of carbonyl (C=O) groups excluding carboxylic acids is 2. The van der Waals surface area contributed by atoms with E-state index in [1.165, 1.54) is 0 Å². The molecule has 1 aromatic rings. The molecule has 2 rings (SSSR count). The van der Waals surface area contributed by atoms with Crippen LogP contribution in [0.3, 0.4) is 0 Å². The molecule has 0 radical (unpaired) electrons. The van der Waals surface area contributed by atoms with E-state index in [4.69, 9.17) is 0 Å². The molecule has 1 aliphatic heterocycles. The lowest BCUT2D eigenvalue weighted by Gasteiger charge is -2.32. The molecule has 1 fully saturated rings. The van der Waals surface area contributed by atoms with Crippen LogP contribution >= 0.6 is 0 Å². The van der Waals surface area contributed by atoms with Crippen LogP contribution < -0.4 is 10.6 Å². The quantitative estimate of drug-likeness (QED) is 0.844. The van der Waals surface area contributed by atoms with E-state index in [9.17, 15) is 9.59 Å². The molecular formula is C14H22N4O2. The Hall–Kier alpha value is -1.85. The molecule has 6 heteroatoms. The number of hydrogen-bond acceptors (Lipinski definition) is 3.